The van der Waals surface area contributed by atoms with Crippen molar-refractivity contribution in [2.24, 2.45) is 4.99 Å². The zero-order valence-electron chi connectivity index (χ0n) is 22.3. The van der Waals surface area contributed by atoms with Gasteiger partial charge in [-0.05, 0) is 68.7 Å². The number of hydrogen-bond acceptors (Lipinski definition) is 8. The summed E-state index contributed by atoms with van der Waals surface area (Å²) in [5.41, 5.74) is 2.13. The van der Waals surface area contributed by atoms with Crippen molar-refractivity contribution in [2.75, 3.05) is 26.9 Å². The van der Waals surface area contributed by atoms with Gasteiger partial charge in [0.25, 0.3) is 5.56 Å². The van der Waals surface area contributed by atoms with E-state index >= 15 is 0 Å². The molecular weight excluding hydrogens is 504 g/mol. The zero-order chi connectivity index (χ0) is 27.2. The first-order valence-corrected chi connectivity index (χ1v) is 13.5. The SMILES string of the molecule is CCCOc1ccc(/C=c2\sc3n(c2=O)[C@H](c2ccc(OC)c(OCC)c2)C(C(=O)OCC)=C(C)N=3)cc1. The van der Waals surface area contributed by atoms with E-state index in [0.717, 1.165) is 17.7 Å². The lowest BCUT2D eigenvalue weighted by Crippen LogP contribution is -2.40. The number of carbonyl (C=O) groups is 1. The molecule has 3 aromatic rings. The Morgan fingerprint density at radius 1 is 1.05 bits per heavy atom. The number of aromatic nitrogens is 1. The normalized spacial score (nSPS) is 15.1. The molecule has 0 unspecified atom stereocenters. The van der Waals surface area contributed by atoms with Crippen LogP contribution in [0.5, 0.6) is 17.2 Å². The molecule has 1 aliphatic heterocycles. The molecule has 8 nitrogen and oxygen atoms in total. The van der Waals surface area contributed by atoms with E-state index in [0.29, 0.717) is 50.9 Å². The highest BCUT2D eigenvalue weighted by Crippen LogP contribution is 2.36. The maximum atomic E-state index is 13.8. The van der Waals surface area contributed by atoms with Crippen molar-refractivity contribution in [2.45, 2.75) is 40.2 Å². The third-order valence-corrected chi connectivity index (χ3v) is 6.95. The van der Waals surface area contributed by atoms with Crippen molar-refractivity contribution < 1.29 is 23.7 Å². The molecule has 0 bridgehead atoms. The van der Waals surface area contributed by atoms with E-state index < -0.39 is 12.0 Å². The third-order valence-electron chi connectivity index (χ3n) is 5.97. The molecule has 0 saturated heterocycles. The monoisotopic (exact) mass is 536 g/mol. The number of rotatable bonds is 10. The number of esters is 1. The minimum absolute atomic E-state index is 0.206. The van der Waals surface area contributed by atoms with Crippen LogP contribution in [-0.4, -0.2) is 37.5 Å². The van der Waals surface area contributed by atoms with Crippen LogP contribution >= 0.6 is 11.3 Å². The molecule has 0 spiro atoms. The average molecular weight is 537 g/mol. The van der Waals surface area contributed by atoms with E-state index in [4.69, 9.17) is 18.9 Å². The summed E-state index contributed by atoms with van der Waals surface area (Å²) in [6.07, 6.45) is 2.76. The molecule has 4 rings (SSSR count). The minimum atomic E-state index is -0.734. The summed E-state index contributed by atoms with van der Waals surface area (Å²) >= 11 is 1.28. The third kappa shape index (κ3) is 5.52. The van der Waals surface area contributed by atoms with E-state index in [1.54, 1.807) is 37.7 Å². The van der Waals surface area contributed by atoms with E-state index in [1.807, 2.05) is 43.3 Å². The highest BCUT2D eigenvalue weighted by atomic mass is 32.1. The van der Waals surface area contributed by atoms with Gasteiger partial charge in [0.15, 0.2) is 16.3 Å². The van der Waals surface area contributed by atoms with Crippen molar-refractivity contribution in [1.82, 2.24) is 4.57 Å². The van der Waals surface area contributed by atoms with Crippen LogP contribution in [0.4, 0.5) is 0 Å². The van der Waals surface area contributed by atoms with E-state index in [1.165, 1.54) is 11.3 Å². The minimum Gasteiger partial charge on any atom is -0.494 e. The van der Waals surface area contributed by atoms with Crippen molar-refractivity contribution in [3.8, 4) is 17.2 Å². The summed E-state index contributed by atoms with van der Waals surface area (Å²) in [4.78, 5) is 32.1. The lowest BCUT2D eigenvalue weighted by atomic mass is 9.95. The fourth-order valence-electron chi connectivity index (χ4n) is 4.27. The maximum absolute atomic E-state index is 13.8. The fraction of sp³-hybridized carbons (Fsp3) is 0.345. The Kier molecular flexibility index (Phi) is 8.68. The molecule has 0 N–H and O–H groups in total. The van der Waals surface area contributed by atoms with Crippen LogP contribution < -0.4 is 29.1 Å². The number of ether oxygens (including phenoxy) is 4. The Hall–Kier alpha value is -3.85. The van der Waals surface area contributed by atoms with Gasteiger partial charge in [0.2, 0.25) is 0 Å². The lowest BCUT2D eigenvalue weighted by molar-refractivity contribution is -0.139. The summed E-state index contributed by atoms with van der Waals surface area (Å²) in [5.74, 6) is 1.36. The molecule has 2 aromatic carbocycles. The molecule has 1 aromatic heterocycles. The number of fused-ring (bicyclic) bond motifs is 1. The molecular formula is C29H32N2O6S. The van der Waals surface area contributed by atoms with Crippen LogP contribution in [0.15, 0.2) is 63.5 Å². The summed E-state index contributed by atoms with van der Waals surface area (Å²) in [6, 6.07) is 12.3. The number of methoxy groups -OCH3 is 1. The highest BCUT2D eigenvalue weighted by molar-refractivity contribution is 7.07. The van der Waals surface area contributed by atoms with Crippen molar-refractivity contribution in [3.05, 3.63) is 84.5 Å². The number of nitrogens with zero attached hydrogens (tertiary/aromatic N) is 2. The van der Waals surface area contributed by atoms with Crippen LogP contribution in [0.2, 0.25) is 0 Å². The largest absolute Gasteiger partial charge is 0.494 e. The molecule has 0 aliphatic carbocycles. The smallest absolute Gasteiger partial charge is 0.338 e. The Balaban J connectivity index is 1.87. The predicted octanol–water partition coefficient (Wildman–Crippen LogP) is 3.99. The molecule has 2 heterocycles. The number of thiazole rings is 1. The van der Waals surface area contributed by atoms with Crippen LogP contribution in [0.1, 0.15) is 51.3 Å². The van der Waals surface area contributed by atoms with Crippen molar-refractivity contribution >= 4 is 23.4 Å². The van der Waals surface area contributed by atoms with Crippen LogP contribution in [0, 0.1) is 0 Å². The Morgan fingerprint density at radius 3 is 2.47 bits per heavy atom. The van der Waals surface area contributed by atoms with Gasteiger partial charge in [-0.15, -0.1) is 0 Å². The van der Waals surface area contributed by atoms with E-state index in [2.05, 4.69) is 11.9 Å². The molecule has 200 valence electrons. The number of allylic oxidation sites excluding steroid dienone is 1. The first-order chi connectivity index (χ1) is 18.4. The molecule has 38 heavy (non-hydrogen) atoms. The van der Waals surface area contributed by atoms with Crippen LogP contribution in [0.3, 0.4) is 0 Å². The number of carbonyl (C=O) groups excluding carboxylic acids is 1. The molecule has 1 atom stereocenters. The number of hydrogen-bond donors (Lipinski definition) is 0. The molecule has 0 amide bonds. The summed E-state index contributed by atoms with van der Waals surface area (Å²) < 4.78 is 24.3. The Labute approximate surface area is 225 Å². The highest BCUT2D eigenvalue weighted by Gasteiger charge is 2.34. The lowest BCUT2D eigenvalue weighted by Gasteiger charge is -2.25. The second-order valence-corrected chi connectivity index (χ2v) is 9.57. The van der Waals surface area contributed by atoms with Crippen LogP contribution in [-0.2, 0) is 9.53 Å². The van der Waals surface area contributed by atoms with Gasteiger partial charge in [0.05, 0.1) is 48.8 Å². The van der Waals surface area contributed by atoms with Gasteiger partial charge in [-0.2, -0.15) is 0 Å². The first kappa shape index (κ1) is 27.2. The molecule has 0 radical (unpaired) electrons. The van der Waals surface area contributed by atoms with Gasteiger partial charge in [0.1, 0.15) is 5.75 Å². The maximum Gasteiger partial charge on any atom is 0.338 e. The summed E-state index contributed by atoms with van der Waals surface area (Å²) in [7, 11) is 1.57. The molecule has 0 saturated carbocycles. The second kappa shape index (κ2) is 12.1. The van der Waals surface area contributed by atoms with E-state index in [-0.39, 0.29) is 12.2 Å². The van der Waals surface area contributed by atoms with Crippen LogP contribution in [0.25, 0.3) is 6.08 Å². The van der Waals surface area contributed by atoms with Crippen molar-refractivity contribution in [3.63, 3.8) is 0 Å². The Morgan fingerprint density at radius 2 is 1.82 bits per heavy atom. The zero-order valence-corrected chi connectivity index (χ0v) is 23.1. The standard InChI is InChI=1S/C29H32N2O6S/c1-6-15-37-21-12-9-19(10-13-21)16-24-27(32)31-26(20-11-14-22(34-5)23(17-20)35-7-2)25(28(33)36-8-3)18(4)30-29(31)38-24/h9-14,16-17,26H,6-8,15H2,1-5H3/b24-16-/t26-/m1/s1. The average Bonchev–Trinajstić information content (AvgIpc) is 3.21. The van der Waals surface area contributed by atoms with Crippen molar-refractivity contribution in [1.29, 1.82) is 0 Å². The fourth-order valence-corrected chi connectivity index (χ4v) is 5.32. The quantitative estimate of drug-likeness (QED) is 0.364. The van der Waals surface area contributed by atoms with Gasteiger partial charge < -0.3 is 18.9 Å². The molecule has 0 fully saturated rings. The topological polar surface area (TPSA) is 88.3 Å². The van der Waals surface area contributed by atoms with Gasteiger partial charge >= 0.3 is 5.97 Å². The van der Waals surface area contributed by atoms with Gasteiger partial charge in [-0.3, -0.25) is 9.36 Å². The first-order valence-electron chi connectivity index (χ1n) is 12.6. The van der Waals surface area contributed by atoms with E-state index in [9.17, 15) is 9.59 Å². The summed E-state index contributed by atoms with van der Waals surface area (Å²) in [6.45, 7) is 8.74. The van der Waals surface area contributed by atoms with Gasteiger partial charge in [-0.25, -0.2) is 9.79 Å². The molecule has 1 aliphatic rings. The van der Waals surface area contributed by atoms with Gasteiger partial charge in [0, 0.05) is 0 Å². The second-order valence-electron chi connectivity index (χ2n) is 8.56. The molecule has 9 heteroatoms. The van der Waals surface area contributed by atoms with Gasteiger partial charge in [-0.1, -0.05) is 36.5 Å². The number of benzene rings is 2. The predicted molar refractivity (Wildman–Crippen MR) is 147 cm³/mol. The Bertz CT molecular complexity index is 1520. The summed E-state index contributed by atoms with van der Waals surface area (Å²) in [5, 5.41) is 0.